The maximum Gasteiger partial charge on any atom is 0.241 e. The van der Waals surface area contributed by atoms with Crippen LogP contribution in [0.15, 0.2) is 16.8 Å². The van der Waals surface area contributed by atoms with E-state index in [9.17, 15) is 4.79 Å². The fourth-order valence-corrected chi connectivity index (χ4v) is 3.11. The first-order chi connectivity index (χ1) is 8.74. The topological polar surface area (TPSA) is 32.3 Å². The lowest BCUT2D eigenvalue weighted by Crippen LogP contribution is -2.31. The summed E-state index contributed by atoms with van der Waals surface area (Å²) < 4.78 is 0. The molecule has 4 heteroatoms. The van der Waals surface area contributed by atoms with E-state index in [0.717, 1.165) is 13.0 Å². The molecule has 1 N–H and O–H groups in total. The standard InChI is InChI=1S/C14H22N2OS/c1-3-4-5-6-8-16-13(12-7-9-18-10-12)15-11(2)14(16)17/h7,9-11,13,15H,3-6,8H2,1-2H3. The van der Waals surface area contributed by atoms with Crippen molar-refractivity contribution in [1.29, 1.82) is 0 Å². The molecule has 0 saturated carbocycles. The summed E-state index contributed by atoms with van der Waals surface area (Å²) in [5.41, 5.74) is 1.22. The average molecular weight is 266 g/mol. The molecule has 1 aliphatic heterocycles. The lowest BCUT2D eigenvalue weighted by Gasteiger charge is -2.23. The van der Waals surface area contributed by atoms with Gasteiger partial charge in [0.25, 0.3) is 0 Å². The molecule has 3 nitrogen and oxygen atoms in total. The minimum absolute atomic E-state index is 0.0546. The zero-order valence-corrected chi connectivity index (χ0v) is 12.0. The molecule has 2 unspecified atom stereocenters. The SMILES string of the molecule is CCCCCCN1C(=O)C(C)NC1c1ccsc1. The van der Waals surface area contributed by atoms with Gasteiger partial charge >= 0.3 is 0 Å². The molecule has 1 aliphatic rings. The largest absolute Gasteiger partial charge is 0.322 e. The van der Waals surface area contributed by atoms with Gasteiger partial charge < -0.3 is 4.90 Å². The van der Waals surface area contributed by atoms with Crippen LogP contribution in [-0.2, 0) is 4.79 Å². The van der Waals surface area contributed by atoms with Crippen molar-refractivity contribution in [1.82, 2.24) is 10.2 Å². The first kappa shape index (κ1) is 13.6. The van der Waals surface area contributed by atoms with Gasteiger partial charge in [0, 0.05) is 6.54 Å². The smallest absolute Gasteiger partial charge is 0.241 e. The number of unbranched alkanes of at least 4 members (excludes halogenated alkanes) is 3. The van der Waals surface area contributed by atoms with E-state index < -0.39 is 0 Å². The molecule has 0 spiro atoms. The van der Waals surface area contributed by atoms with Gasteiger partial charge in [-0.25, -0.2) is 0 Å². The number of rotatable bonds is 6. The van der Waals surface area contributed by atoms with Crippen LogP contribution in [0.25, 0.3) is 0 Å². The van der Waals surface area contributed by atoms with Crippen molar-refractivity contribution in [2.24, 2.45) is 0 Å². The van der Waals surface area contributed by atoms with E-state index in [0.29, 0.717) is 0 Å². The minimum Gasteiger partial charge on any atom is -0.322 e. The third-order valence-electron chi connectivity index (χ3n) is 3.48. The molecule has 1 fully saturated rings. The molecule has 1 aromatic heterocycles. The van der Waals surface area contributed by atoms with Crippen LogP contribution < -0.4 is 5.32 Å². The predicted molar refractivity (Wildman–Crippen MR) is 75.5 cm³/mol. The van der Waals surface area contributed by atoms with Crippen molar-refractivity contribution in [2.45, 2.75) is 51.7 Å². The number of hydrogen-bond acceptors (Lipinski definition) is 3. The molecule has 0 aromatic carbocycles. The number of nitrogens with one attached hydrogen (secondary N) is 1. The quantitative estimate of drug-likeness (QED) is 0.802. The molecule has 100 valence electrons. The van der Waals surface area contributed by atoms with Gasteiger partial charge in [0.1, 0.15) is 6.17 Å². The summed E-state index contributed by atoms with van der Waals surface area (Å²) in [6.45, 7) is 5.03. The Morgan fingerprint density at radius 3 is 2.89 bits per heavy atom. The van der Waals surface area contributed by atoms with Gasteiger partial charge in [-0.15, -0.1) is 0 Å². The average Bonchev–Trinajstić information content (AvgIpc) is 2.97. The molecule has 1 aromatic rings. The molecule has 1 saturated heterocycles. The van der Waals surface area contributed by atoms with Crippen molar-refractivity contribution in [3.8, 4) is 0 Å². The second-order valence-electron chi connectivity index (χ2n) is 4.94. The zero-order valence-electron chi connectivity index (χ0n) is 11.2. The number of carbonyl (C=O) groups excluding carboxylic acids is 1. The summed E-state index contributed by atoms with van der Waals surface area (Å²) in [4.78, 5) is 14.1. The van der Waals surface area contributed by atoms with Crippen molar-refractivity contribution in [2.75, 3.05) is 6.54 Å². The Labute approximate surface area is 113 Å². The molecule has 2 rings (SSSR count). The van der Waals surface area contributed by atoms with Crippen molar-refractivity contribution in [3.05, 3.63) is 22.4 Å². The van der Waals surface area contributed by atoms with E-state index in [-0.39, 0.29) is 18.1 Å². The van der Waals surface area contributed by atoms with E-state index in [4.69, 9.17) is 0 Å². The van der Waals surface area contributed by atoms with Gasteiger partial charge in [0.15, 0.2) is 0 Å². The highest BCUT2D eigenvalue weighted by atomic mass is 32.1. The summed E-state index contributed by atoms with van der Waals surface area (Å²) in [5, 5.41) is 7.58. The van der Waals surface area contributed by atoms with E-state index in [1.54, 1.807) is 11.3 Å². The molecular weight excluding hydrogens is 244 g/mol. The molecule has 1 amide bonds. The van der Waals surface area contributed by atoms with Crippen molar-refractivity contribution >= 4 is 17.2 Å². The second-order valence-corrected chi connectivity index (χ2v) is 5.72. The van der Waals surface area contributed by atoms with Crippen LogP contribution in [0.4, 0.5) is 0 Å². The monoisotopic (exact) mass is 266 g/mol. The van der Waals surface area contributed by atoms with E-state index in [1.807, 2.05) is 11.8 Å². The molecular formula is C14H22N2OS. The number of hydrogen-bond donors (Lipinski definition) is 1. The summed E-state index contributed by atoms with van der Waals surface area (Å²) in [5.74, 6) is 0.239. The highest BCUT2D eigenvalue weighted by Gasteiger charge is 2.36. The van der Waals surface area contributed by atoms with Crippen molar-refractivity contribution in [3.63, 3.8) is 0 Å². The van der Waals surface area contributed by atoms with Gasteiger partial charge in [-0.1, -0.05) is 26.2 Å². The van der Waals surface area contributed by atoms with E-state index >= 15 is 0 Å². The Balaban J connectivity index is 1.97. The molecule has 2 heterocycles. The van der Waals surface area contributed by atoms with Gasteiger partial charge in [-0.3, -0.25) is 10.1 Å². The fourth-order valence-electron chi connectivity index (χ4n) is 2.43. The maximum atomic E-state index is 12.1. The number of thiophene rings is 1. The van der Waals surface area contributed by atoms with Crippen LogP contribution in [-0.4, -0.2) is 23.4 Å². The number of carbonyl (C=O) groups is 1. The Morgan fingerprint density at radius 1 is 1.39 bits per heavy atom. The third-order valence-corrected chi connectivity index (χ3v) is 4.19. The molecule has 0 bridgehead atoms. The fraction of sp³-hybridized carbons (Fsp3) is 0.643. The maximum absolute atomic E-state index is 12.1. The zero-order chi connectivity index (χ0) is 13.0. The van der Waals surface area contributed by atoms with Gasteiger partial charge in [0.2, 0.25) is 5.91 Å². The Hall–Kier alpha value is -0.870. The number of amides is 1. The third kappa shape index (κ3) is 2.93. The molecule has 0 aliphatic carbocycles. The van der Waals surface area contributed by atoms with Crippen LogP contribution >= 0.6 is 11.3 Å². The van der Waals surface area contributed by atoms with E-state index in [2.05, 4.69) is 29.1 Å². The predicted octanol–water partition coefficient (Wildman–Crippen LogP) is 3.15. The van der Waals surface area contributed by atoms with Crippen LogP contribution in [0, 0.1) is 0 Å². The first-order valence-electron chi connectivity index (χ1n) is 6.82. The van der Waals surface area contributed by atoms with Crippen LogP contribution in [0.3, 0.4) is 0 Å². The summed E-state index contributed by atoms with van der Waals surface area (Å²) in [6.07, 6.45) is 4.89. The highest BCUT2D eigenvalue weighted by molar-refractivity contribution is 7.07. The van der Waals surface area contributed by atoms with Crippen molar-refractivity contribution < 1.29 is 4.79 Å². The lowest BCUT2D eigenvalue weighted by molar-refractivity contribution is -0.129. The Bertz CT molecular complexity index is 377. The summed E-state index contributed by atoms with van der Waals surface area (Å²) in [7, 11) is 0. The van der Waals surface area contributed by atoms with Crippen LogP contribution in [0.5, 0.6) is 0 Å². The minimum atomic E-state index is -0.0546. The Kier molecular flexibility index (Phi) is 4.78. The second kappa shape index (κ2) is 6.34. The van der Waals surface area contributed by atoms with Gasteiger partial charge in [0.05, 0.1) is 6.04 Å². The number of nitrogens with zero attached hydrogens (tertiary/aromatic N) is 1. The lowest BCUT2D eigenvalue weighted by atomic mass is 10.2. The highest BCUT2D eigenvalue weighted by Crippen LogP contribution is 2.27. The molecule has 0 radical (unpaired) electrons. The molecule has 18 heavy (non-hydrogen) atoms. The Morgan fingerprint density at radius 2 is 2.22 bits per heavy atom. The summed E-state index contributed by atoms with van der Waals surface area (Å²) in [6, 6.07) is 2.05. The summed E-state index contributed by atoms with van der Waals surface area (Å²) >= 11 is 1.68. The molecule has 2 atom stereocenters. The first-order valence-corrected chi connectivity index (χ1v) is 7.77. The van der Waals surface area contributed by atoms with Crippen LogP contribution in [0.1, 0.15) is 51.3 Å². The van der Waals surface area contributed by atoms with Crippen LogP contribution in [0.2, 0.25) is 0 Å². The van der Waals surface area contributed by atoms with E-state index in [1.165, 1.54) is 24.8 Å². The normalized spacial score (nSPS) is 23.9. The van der Waals surface area contributed by atoms with Gasteiger partial charge in [-0.05, 0) is 35.7 Å². The van der Waals surface area contributed by atoms with Gasteiger partial charge in [-0.2, -0.15) is 11.3 Å².